The lowest BCUT2D eigenvalue weighted by atomic mass is 10.1. The summed E-state index contributed by atoms with van der Waals surface area (Å²) in [5.74, 6) is -9.73. The van der Waals surface area contributed by atoms with Gasteiger partial charge in [-0.25, -0.2) is 18.0 Å². The highest BCUT2D eigenvalue weighted by atomic mass is 32.2. The second-order valence-corrected chi connectivity index (χ2v) is 11.4. The standard InChI is InChI=1S/C13H14N2O9S.C12H12N2O6/c1-7-4-9(16)14(12(7)19)3-2-11(18)24-15-10(17)5-8(13(15)20)6-25(21,22)23;1-7-6-10(17)13(12(7)19)5-4-11(18)20-14-8(15)2-3-9(14)16/h4,8H,2-3,5-6H2,1H3,(H,21,22,23);6H,2-5H2,1H3/p-1. The third kappa shape index (κ3) is 8.50. The maximum atomic E-state index is 11.8. The molecule has 4 aliphatic heterocycles. The van der Waals surface area contributed by atoms with Gasteiger partial charge < -0.3 is 14.2 Å². The first-order valence-electron chi connectivity index (χ1n) is 13.1. The topological polar surface area (TPSA) is 259 Å². The highest BCUT2D eigenvalue weighted by molar-refractivity contribution is 7.85. The Morgan fingerprint density at radius 3 is 1.56 bits per heavy atom. The van der Waals surface area contributed by atoms with E-state index < -0.39 is 93.8 Å². The van der Waals surface area contributed by atoms with Crippen molar-refractivity contribution in [1.82, 2.24) is 19.9 Å². The van der Waals surface area contributed by atoms with Crippen LogP contribution >= 0.6 is 0 Å². The molecule has 4 heterocycles. The van der Waals surface area contributed by atoms with Crippen LogP contribution in [0, 0.1) is 5.92 Å². The monoisotopic (exact) mass is 653 g/mol. The first-order valence-corrected chi connectivity index (χ1v) is 14.6. The van der Waals surface area contributed by atoms with Gasteiger partial charge in [0.25, 0.3) is 47.3 Å². The molecule has 0 aromatic rings. The molecule has 1 atom stereocenters. The van der Waals surface area contributed by atoms with Crippen molar-refractivity contribution in [2.75, 3.05) is 18.8 Å². The molecule has 4 rings (SSSR count). The summed E-state index contributed by atoms with van der Waals surface area (Å²) in [4.78, 5) is 126. The predicted octanol–water partition coefficient (Wildman–Crippen LogP) is -2.63. The SMILES string of the molecule is CC1=CC(=O)N(CCC(=O)ON2C(=O)CC(CS(=O)(=O)[O-])C2=O)C1=O.CC1=CC(=O)N(CCC(=O)ON2C(=O)CCC2=O)C1=O. The molecule has 0 spiro atoms. The maximum absolute atomic E-state index is 11.8. The minimum absolute atomic E-state index is 0.0122. The van der Waals surface area contributed by atoms with Crippen molar-refractivity contribution in [1.29, 1.82) is 0 Å². The Bertz CT molecular complexity index is 1560. The van der Waals surface area contributed by atoms with Crippen LogP contribution < -0.4 is 0 Å². The number of hydrogen-bond acceptors (Lipinski definition) is 15. The van der Waals surface area contributed by atoms with E-state index in [4.69, 9.17) is 0 Å². The Morgan fingerprint density at radius 2 is 1.18 bits per heavy atom. The number of hydrogen-bond donors (Lipinski definition) is 0. The summed E-state index contributed by atoms with van der Waals surface area (Å²) in [6.07, 6.45) is 0.989. The molecule has 4 aliphatic rings. The third-order valence-corrected chi connectivity index (χ3v) is 7.26. The number of hydroxylamine groups is 4. The van der Waals surface area contributed by atoms with Gasteiger partial charge >= 0.3 is 11.9 Å². The largest absolute Gasteiger partial charge is 0.748 e. The smallest absolute Gasteiger partial charge is 0.335 e. The van der Waals surface area contributed by atoms with Crippen LogP contribution in [0.2, 0.25) is 0 Å². The molecule has 20 heteroatoms. The van der Waals surface area contributed by atoms with E-state index in [0.717, 1.165) is 15.9 Å². The highest BCUT2D eigenvalue weighted by Crippen LogP contribution is 2.22. The molecule has 45 heavy (non-hydrogen) atoms. The molecule has 8 amide bonds. The number of carbonyl (C=O) groups excluding carboxylic acids is 10. The summed E-state index contributed by atoms with van der Waals surface area (Å²) >= 11 is 0. The first-order chi connectivity index (χ1) is 20.9. The number of carbonyl (C=O) groups is 10. The van der Waals surface area contributed by atoms with Gasteiger partial charge in [-0.3, -0.25) is 48.2 Å². The molecular weight excluding hydrogens is 628 g/mol. The van der Waals surface area contributed by atoms with Crippen molar-refractivity contribution in [3.05, 3.63) is 23.3 Å². The van der Waals surface area contributed by atoms with E-state index in [1.165, 1.54) is 19.9 Å². The van der Waals surface area contributed by atoms with Crippen LogP contribution in [0.4, 0.5) is 0 Å². The second-order valence-electron chi connectivity index (χ2n) is 9.90. The fourth-order valence-electron chi connectivity index (χ4n) is 4.20. The number of imide groups is 4. The average Bonchev–Trinajstić information content (AvgIpc) is 3.56. The maximum Gasteiger partial charge on any atom is 0.335 e. The average molecular weight is 654 g/mol. The van der Waals surface area contributed by atoms with Crippen LogP contribution in [0.15, 0.2) is 23.3 Å². The molecule has 0 N–H and O–H groups in total. The summed E-state index contributed by atoms with van der Waals surface area (Å²) < 4.78 is 32.1. The minimum atomic E-state index is -4.73. The molecule has 0 bridgehead atoms. The third-order valence-electron chi connectivity index (χ3n) is 6.45. The molecule has 0 aromatic heterocycles. The Hall–Kier alpha value is -5.11. The van der Waals surface area contributed by atoms with Gasteiger partial charge in [-0.15, -0.1) is 10.1 Å². The van der Waals surface area contributed by atoms with Gasteiger partial charge in [0.15, 0.2) is 0 Å². The van der Waals surface area contributed by atoms with Crippen molar-refractivity contribution >= 4 is 69.3 Å². The van der Waals surface area contributed by atoms with Crippen LogP contribution in [-0.2, 0) is 67.7 Å². The van der Waals surface area contributed by atoms with E-state index in [1.807, 2.05) is 0 Å². The van der Waals surface area contributed by atoms with E-state index in [2.05, 4.69) is 9.68 Å². The van der Waals surface area contributed by atoms with Crippen LogP contribution in [0.25, 0.3) is 0 Å². The normalized spacial score (nSPS) is 20.2. The van der Waals surface area contributed by atoms with Gasteiger partial charge in [0.1, 0.15) is 0 Å². The van der Waals surface area contributed by atoms with E-state index in [1.54, 1.807) is 0 Å². The Labute approximate surface area is 254 Å². The van der Waals surface area contributed by atoms with E-state index in [9.17, 15) is 60.9 Å². The fraction of sp³-hybridized carbons (Fsp3) is 0.440. The molecular formula is C25H25N4O15S-. The van der Waals surface area contributed by atoms with Gasteiger partial charge in [0, 0.05) is 55.7 Å². The van der Waals surface area contributed by atoms with Crippen molar-refractivity contribution in [3.63, 3.8) is 0 Å². The lowest BCUT2D eigenvalue weighted by Gasteiger charge is -2.16. The van der Waals surface area contributed by atoms with Crippen LogP contribution in [0.3, 0.4) is 0 Å². The molecule has 242 valence electrons. The molecule has 0 aliphatic carbocycles. The summed E-state index contributed by atoms with van der Waals surface area (Å²) in [7, 11) is -4.73. The fourth-order valence-corrected chi connectivity index (χ4v) is 4.95. The molecule has 2 saturated heterocycles. The van der Waals surface area contributed by atoms with E-state index in [0.29, 0.717) is 10.6 Å². The quantitative estimate of drug-likeness (QED) is 0.172. The molecule has 2 fully saturated rings. The molecule has 0 radical (unpaired) electrons. The summed E-state index contributed by atoms with van der Waals surface area (Å²) in [5.41, 5.74) is 0.512. The van der Waals surface area contributed by atoms with Gasteiger partial charge in [0.2, 0.25) is 0 Å². The first kappa shape index (κ1) is 34.4. The summed E-state index contributed by atoms with van der Waals surface area (Å²) in [6, 6.07) is 0. The number of rotatable bonds is 10. The van der Waals surface area contributed by atoms with Crippen molar-refractivity contribution in [2.24, 2.45) is 5.92 Å². The van der Waals surface area contributed by atoms with Crippen LogP contribution in [-0.4, -0.2) is 111 Å². The lowest BCUT2D eigenvalue weighted by Crippen LogP contribution is -2.37. The lowest BCUT2D eigenvalue weighted by molar-refractivity contribution is -0.198. The van der Waals surface area contributed by atoms with Gasteiger partial charge in [-0.2, -0.15) is 0 Å². The molecule has 0 saturated carbocycles. The molecule has 19 nitrogen and oxygen atoms in total. The zero-order chi connectivity index (χ0) is 33.8. The summed E-state index contributed by atoms with van der Waals surface area (Å²) in [5, 5.41) is 0.536. The zero-order valence-electron chi connectivity index (χ0n) is 23.7. The van der Waals surface area contributed by atoms with Crippen molar-refractivity contribution in [3.8, 4) is 0 Å². The highest BCUT2D eigenvalue weighted by Gasteiger charge is 2.42. The van der Waals surface area contributed by atoms with Crippen molar-refractivity contribution < 1.29 is 70.6 Å². The minimum Gasteiger partial charge on any atom is -0.748 e. The van der Waals surface area contributed by atoms with Crippen molar-refractivity contribution in [2.45, 2.75) is 46.0 Å². The van der Waals surface area contributed by atoms with Gasteiger partial charge in [0.05, 0.1) is 34.6 Å². The summed E-state index contributed by atoms with van der Waals surface area (Å²) in [6.45, 7) is 2.48. The Kier molecular flexibility index (Phi) is 10.5. The zero-order valence-corrected chi connectivity index (χ0v) is 24.5. The van der Waals surface area contributed by atoms with E-state index in [-0.39, 0.29) is 43.0 Å². The second kappa shape index (κ2) is 13.7. The van der Waals surface area contributed by atoms with Crippen LogP contribution in [0.1, 0.15) is 46.0 Å². The molecule has 1 unspecified atom stereocenters. The van der Waals surface area contributed by atoms with Gasteiger partial charge in [-0.05, 0) is 13.8 Å². The van der Waals surface area contributed by atoms with E-state index >= 15 is 0 Å². The predicted molar refractivity (Wildman–Crippen MR) is 138 cm³/mol. The Balaban J connectivity index is 0.000000251. The van der Waals surface area contributed by atoms with Gasteiger partial charge in [-0.1, -0.05) is 0 Å². The van der Waals surface area contributed by atoms with Crippen LogP contribution in [0.5, 0.6) is 0 Å². The number of amides is 8. The Morgan fingerprint density at radius 1 is 0.756 bits per heavy atom. The molecule has 0 aromatic carbocycles. The number of nitrogens with zero attached hydrogens (tertiary/aromatic N) is 4.